The van der Waals surface area contributed by atoms with Gasteiger partial charge >= 0.3 is 0 Å². The fraction of sp³-hybridized carbons (Fsp3) is 0.562. The molecule has 0 aliphatic heterocycles. The number of rotatable bonds is 5. The summed E-state index contributed by atoms with van der Waals surface area (Å²) in [5.41, 5.74) is 8.91. The van der Waals surface area contributed by atoms with Crippen LogP contribution in [0.25, 0.3) is 0 Å². The summed E-state index contributed by atoms with van der Waals surface area (Å²) in [4.78, 5) is 12.3. The number of nitrogens with one attached hydrogen (secondary N) is 1. The van der Waals surface area contributed by atoms with Crippen LogP contribution in [0.3, 0.4) is 0 Å². The first-order valence-electron chi connectivity index (χ1n) is 7.01. The van der Waals surface area contributed by atoms with Crippen molar-refractivity contribution in [1.29, 1.82) is 0 Å². The van der Waals surface area contributed by atoms with Crippen molar-refractivity contribution in [2.75, 3.05) is 0 Å². The monoisotopic (exact) mass is 262 g/mol. The van der Waals surface area contributed by atoms with E-state index in [9.17, 15) is 4.79 Å². The molecular weight excluding hydrogens is 236 g/mol. The Morgan fingerprint density at radius 2 is 1.89 bits per heavy atom. The molecule has 3 N–H and O–H groups in total. The van der Waals surface area contributed by atoms with Crippen molar-refractivity contribution in [2.45, 2.75) is 59.0 Å². The number of benzene rings is 1. The Bertz CT molecular complexity index is 450. The number of hydrogen-bond acceptors (Lipinski definition) is 2. The first-order valence-corrected chi connectivity index (χ1v) is 7.01. The molecule has 19 heavy (non-hydrogen) atoms. The third kappa shape index (κ3) is 3.57. The minimum atomic E-state index is -0.758. The van der Waals surface area contributed by atoms with Gasteiger partial charge in [-0.05, 0) is 44.7 Å². The van der Waals surface area contributed by atoms with Gasteiger partial charge < -0.3 is 11.1 Å². The average molecular weight is 262 g/mol. The number of aryl methyl sites for hydroxylation is 2. The lowest BCUT2D eigenvalue weighted by atomic mass is 9.92. The molecule has 1 aromatic carbocycles. The predicted octanol–water partition coefficient (Wildman–Crippen LogP) is 3.00. The van der Waals surface area contributed by atoms with E-state index in [4.69, 9.17) is 5.73 Å². The van der Waals surface area contributed by atoms with Crippen LogP contribution in [-0.2, 0) is 4.79 Å². The topological polar surface area (TPSA) is 55.1 Å². The summed E-state index contributed by atoms with van der Waals surface area (Å²) in [6, 6.07) is 6.27. The highest BCUT2D eigenvalue weighted by atomic mass is 16.2. The maximum absolute atomic E-state index is 12.3. The van der Waals surface area contributed by atoms with Gasteiger partial charge in [0.05, 0.1) is 11.6 Å². The molecule has 0 heterocycles. The molecule has 0 aliphatic rings. The highest BCUT2D eigenvalue weighted by Crippen LogP contribution is 2.20. The molecule has 0 spiro atoms. The molecule has 0 radical (unpaired) electrons. The molecular formula is C16H26N2O. The number of amides is 1. The van der Waals surface area contributed by atoms with E-state index in [-0.39, 0.29) is 11.9 Å². The largest absolute Gasteiger partial charge is 0.348 e. The smallest absolute Gasteiger partial charge is 0.240 e. The Morgan fingerprint density at radius 1 is 1.32 bits per heavy atom. The van der Waals surface area contributed by atoms with Crippen LogP contribution in [0.4, 0.5) is 0 Å². The van der Waals surface area contributed by atoms with E-state index in [0.29, 0.717) is 12.8 Å². The van der Waals surface area contributed by atoms with Crippen LogP contribution < -0.4 is 11.1 Å². The minimum Gasteiger partial charge on any atom is -0.348 e. The molecule has 0 aromatic heterocycles. The molecule has 1 amide bonds. The number of carbonyl (C=O) groups is 1. The molecule has 0 bridgehead atoms. The average Bonchev–Trinajstić information content (AvgIpc) is 2.40. The highest BCUT2D eigenvalue weighted by Gasteiger charge is 2.30. The second-order valence-electron chi connectivity index (χ2n) is 5.42. The molecule has 106 valence electrons. The summed E-state index contributed by atoms with van der Waals surface area (Å²) >= 11 is 0. The summed E-state index contributed by atoms with van der Waals surface area (Å²) in [6.45, 7) is 10.0. The van der Waals surface area contributed by atoms with Gasteiger partial charge in [-0.15, -0.1) is 0 Å². The van der Waals surface area contributed by atoms with Crippen molar-refractivity contribution < 1.29 is 4.79 Å². The summed E-state index contributed by atoms with van der Waals surface area (Å²) in [5.74, 6) is -0.0640. The van der Waals surface area contributed by atoms with Gasteiger partial charge in [-0.1, -0.05) is 37.6 Å². The van der Waals surface area contributed by atoms with Crippen molar-refractivity contribution in [2.24, 2.45) is 5.73 Å². The standard InChI is InChI=1S/C16H26N2O/c1-6-16(17,7-2)15(19)18-13(5)14-10-11(3)8-9-12(14)4/h8-10,13H,6-7,17H2,1-5H3,(H,18,19). The zero-order chi connectivity index (χ0) is 14.6. The van der Waals surface area contributed by atoms with Crippen molar-refractivity contribution in [3.63, 3.8) is 0 Å². The maximum atomic E-state index is 12.3. The molecule has 3 nitrogen and oxygen atoms in total. The molecule has 3 heteroatoms. The zero-order valence-corrected chi connectivity index (χ0v) is 12.7. The van der Waals surface area contributed by atoms with E-state index in [1.165, 1.54) is 11.1 Å². The van der Waals surface area contributed by atoms with Gasteiger partial charge in [-0.3, -0.25) is 4.79 Å². The molecule has 1 unspecified atom stereocenters. The van der Waals surface area contributed by atoms with E-state index in [0.717, 1.165) is 5.56 Å². The number of nitrogens with two attached hydrogens (primary N) is 1. The van der Waals surface area contributed by atoms with Crippen LogP contribution >= 0.6 is 0 Å². The summed E-state index contributed by atoms with van der Waals surface area (Å²) in [5, 5.41) is 3.04. The Hall–Kier alpha value is -1.35. The van der Waals surface area contributed by atoms with E-state index in [1.54, 1.807) is 0 Å². The minimum absolute atomic E-state index is 0.0200. The third-order valence-corrected chi connectivity index (χ3v) is 3.96. The summed E-state index contributed by atoms with van der Waals surface area (Å²) in [7, 11) is 0. The molecule has 0 saturated heterocycles. The lowest BCUT2D eigenvalue weighted by Gasteiger charge is -2.28. The van der Waals surface area contributed by atoms with Crippen LogP contribution in [-0.4, -0.2) is 11.4 Å². The molecule has 1 atom stereocenters. The number of carbonyl (C=O) groups excluding carboxylic acids is 1. The fourth-order valence-corrected chi connectivity index (χ4v) is 2.22. The van der Waals surface area contributed by atoms with Crippen LogP contribution in [0.2, 0.25) is 0 Å². The molecule has 1 aromatic rings. The predicted molar refractivity (Wildman–Crippen MR) is 80.0 cm³/mol. The lowest BCUT2D eigenvalue weighted by molar-refractivity contribution is -0.127. The van der Waals surface area contributed by atoms with Crippen LogP contribution in [0.15, 0.2) is 18.2 Å². The van der Waals surface area contributed by atoms with Gasteiger partial charge in [0.15, 0.2) is 0 Å². The van der Waals surface area contributed by atoms with Crippen LogP contribution in [0.5, 0.6) is 0 Å². The van der Waals surface area contributed by atoms with Gasteiger partial charge in [-0.25, -0.2) is 0 Å². The quantitative estimate of drug-likeness (QED) is 0.857. The first-order chi connectivity index (χ1) is 8.84. The molecule has 1 rings (SSSR count). The summed E-state index contributed by atoms with van der Waals surface area (Å²) in [6.07, 6.45) is 1.30. The SMILES string of the molecule is CCC(N)(CC)C(=O)NC(C)c1cc(C)ccc1C. The highest BCUT2D eigenvalue weighted by molar-refractivity contribution is 5.86. The fourth-order valence-electron chi connectivity index (χ4n) is 2.22. The lowest BCUT2D eigenvalue weighted by Crippen LogP contribution is -2.53. The normalized spacial score (nSPS) is 13.2. The van der Waals surface area contributed by atoms with Crippen molar-refractivity contribution in [1.82, 2.24) is 5.32 Å². The van der Waals surface area contributed by atoms with Gasteiger partial charge in [-0.2, -0.15) is 0 Å². The van der Waals surface area contributed by atoms with E-state index in [2.05, 4.69) is 37.4 Å². The molecule has 0 fully saturated rings. The Morgan fingerprint density at radius 3 is 2.42 bits per heavy atom. The Labute approximate surface area is 116 Å². The van der Waals surface area contributed by atoms with Gasteiger partial charge in [0, 0.05) is 0 Å². The van der Waals surface area contributed by atoms with Gasteiger partial charge in [0.25, 0.3) is 0 Å². The van der Waals surface area contributed by atoms with Gasteiger partial charge in [0.2, 0.25) is 5.91 Å². The van der Waals surface area contributed by atoms with E-state index < -0.39 is 5.54 Å². The Balaban J connectivity index is 2.88. The maximum Gasteiger partial charge on any atom is 0.240 e. The van der Waals surface area contributed by atoms with Gasteiger partial charge in [0.1, 0.15) is 0 Å². The van der Waals surface area contributed by atoms with Crippen molar-refractivity contribution in [3.8, 4) is 0 Å². The van der Waals surface area contributed by atoms with E-state index in [1.807, 2.05) is 20.8 Å². The van der Waals surface area contributed by atoms with Crippen LogP contribution in [0, 0.1) is 13.8 Å². The molecule has 0 aliphatic carbocycles. The summed E-state index contributed by atoms with van der Waals surface area (Å²) < 4.78 is 0. The second kappa shape index (κ2) is 6.20. The molecule has 0 saturated carbocycles. The number of hydrogen-bond donors (Lipinski definition) is 2. The third-order valence-electron chi connectivity index (χ3n) is 3.96. The van der Waals surface area contributed by atoms with Crippen molar-refractivity contribution >= 4 is 5.91 Å². The Kier molecular flexibility index (Phi) is 5.12. The first kappa shape index (κ1) is 15.7. The van der Waals surface area contributed by atoms with Crippen LogP contribution in [0.1, 0.15) is 56.3 Å². The van der Waals surface area contributed by atoms with E-state index >= 15 is 0 Å². The zero-order valence-electron chi connectivity index (χ0n) is 12.7. The van der Waals surface area contributed by atoms with Crippen molar-refractivity contribution in [3.05, 3.63) is 34.9 Å². The second-order valence-corrected chi connectivity index (χ2v) is 5.42.